The fraction of sp³-hybridized carbons (Fsp3) is 0.562. The Hall–Kier alpha value is -1.60. The highest BCUT2D eigenvalue weighted by Crippen LogP contribution is 2.29. The molecule has 2 atom stereocenters. The third-order valence-corrected chi connectivity index (χ3v) is 4.54. The minimum atomic E-state index is -0.274. The van der Waals surface area contributed by atoms with Gasteiger partial charge in [-0.25, -0.2) is 4.39 Å². The minimum Gasteiger partial charge on any atom is -0.369 e. The van der Waals surface area contributed by atoms with E-state index in [1.807, 2.05) is 6.07 Å². The Kier molecular flexibility index (Phi) is 3.88. The largest absolute Gasteiger partial charge is 0.369 e. The van der Waals surface area contributed by atoms with Crippen LogP contribution >= 0.6 is 0 Å². The summed E-state index contributed by atoms with van der Waals surface area (Å²) in [6, 6.07) is 7.37. The lowest BCUT2D eigenvalue weighted by Crippen LogP contribution is -2.43. The van der Waals surface area contributed by atoms with Gasteiger partial charge >= 0.3 is 0 Å². The van der Waals surface area contributed by atoms with E-state index >= 15 is 0 Å². The van der Waals surface area contributed by atoms with Gasteiger partial charge in [0.1, 0.15) is 5.82 Å². The molecule has 2 heterocycles. The van der Waals surface area contributed by atoms with E-state index in [1.54, 1.807) is 12.1 Å². The molecule has 2 aliphatic heterocycles. The summed E-state index contributed by atoms with van der Waals surface area (Å²) in [6.07, 6.45) is 4.84. The van der Waals surface area contributed by atoms with E-state index < -0.39 is 0 Å². The Morgan fingerprint density at radius 3 is 2.90 bits per heavy atom. The van der Waals surface area contributed by atoms with E-state index in [9.17, 15) is 4.39 Å². The predicted octanol–water partition coefficient (Wildman–Crippen LogP) is 2.67. The van der Waals surface area contributed by atoms with Gasteiger partial charge in [-0.3, -0.25) is 0 Å². The van der Waals surface area contributed by atoms with Gasteiger partial charge in [-0.15, -0.1) is 0 Å². The molecule has 0 aliphatic carbocycles. The van der Waals surface area contributed by atoms with E-state index in [2.05, 4.69) is 10.2 Å². The predicted molar refractivity (Wildman–Crippen MR) is 77.1 cm³/mol. The standard InChI is InChI=1S/C16H20FN3/c17-14-9-12(10-18)5-6-16(14)20-8-2-3-13(11-20)15-4-1-7-19-15/h5-6,9,13,15,19H,1-4,7-8,11H2. The van der Waals surface area contributed by atoms with Crippen molar-refractivity contribution in [2.24, 2.45) is 5.92 Å². The number of nitrogens with one attached hydrogen (secondary N) is 1. The molecule has 3 rings (SSSR count). The number of anilines is 1. The molecule has 0 radical (unpaired) electrons. The van der Waals surface area contributed by atoms with Crippen LogP contribution in [-0.2, 0) is 0 Å². The summed E-state index contributed by atoms with van der Waals surface area (Å²) in [6.45, 7) is 2.94. The Morgan fingerprint density at radius 2 is 2.20 bits per heavy atom. The van der Waals surface area contributed by atoms with Crippen molar-refractivity contribution in [3.63, 3.8) is 0 Å². The van der Waals surface area contributed by atoms with Gasteiger partial charge in [0.2, 0.25) is 0 Å². The van der Waals surface area contributed by atoms with Crippen molar-refractivity contribution in [2.75, 3.05) is 24.5 Å². The molecule has 2 unspecified atom stereocenters. The molecule has 0 aromatic heterocycles. The monoisotopic (exact) mass is 273 g/mol. The van der Waals surface area contributed by atoms with Crippen LogP contribution in [0.2, 0.25) is 0 Å². The Balaban J connectivity index is 1.74. The summed E-state index contributed by atoms with van der Waals surface area (Å²) in [7, 11) is 0. The SMILES string of the molecule is N#Cc1ccc(N2CCCC(C3CCCN3)C2)c(F)c1. The quantitative estimate of drug-likeness (QED) is 0.900. The molecule has 1 aromatic carbocycles. The third kappa shape index (κ3) is 2.64. The molecule has 1 aromatic rings. The molecule has 0 saturated carbocycles. The number of nitrogens with zero attached hydrogens (tertiary/aromatic N) is 2. The smallest absolute Gasteiger partial charge is 0.147 e. The van der Waals surface area contributed by atoms with Crippen LogP contribution < -0.4 is 10.2 Å². The summed E-state index contributed by atoms with van der Waals surface area (Å²) in [4.78, 5) is 2.14. The lowest BCUT2D eigenvalue weighted by atomic mass is 9.89. The maximum atomic E-state index is 14.1. The van der Waals surface area contributed by atoms with E-state index in [-0.39, 0.29) is 5.82 Å². The molecule has 0 bridgehead atoms. The van der Waals surface area contributed by atoms with Crippen molar-refractivity contribution < 1.29 is 4.39 Å². The Labute approximate surface area is 119 Å². The maximum absolute atomic E-state index is 14.1. The number of piperidine rings is 1. The third-order valence-electron chi connectivity index (χ3n) is 4.54. The summed E-state index contributed by atoms with van der Waals surface area (Å²) in [5.74, 6) is 0.338. The summed E-state index contributed by atoms with van der Waals surface area (Å²) < 4.78 is 14.1. The van der Waals surface area contributed by atoms with E-state index in [0.29, 0.717) is 23.2 Å². The van der Waals surface area contributed by atoms with Crippen LogP contribution in [0.25, 0.3) is 0 Å². The fourth-order valence-electron chi connectivity index (χ4n) is 3.50. The van der Waals surface area contributed by atoms with Crippen LogP contribution in [0.4, 0.5) is 10.1 Å². The average molecular weight is 273 g/mol. The zero-order valence-corrected chi connectivity index (χ0v) is 11.6. The number of nitriles is 1. The Morgan fingerprint density at radius 1 is 1.30 bits per heavy atom. The highest BCUT2D eigenvalue weighted by molar-refractivity contribution is 5.51. The lowest BCUT2D eigenvalue weighted by Gasteiger charge is -2.37. The Bertz CT molecular complexity index is 517. The van der Waals surface area contributed by atoms with Crippen molar-refractivity contribution in [1.82, 2.24) is 5.32 Å². The van der Waals surface area contributed by atoms with Crippen LogP contribution in [0, 0.1) is 23.1 Å². The van der Waals surface area contributed by atoms with Crippen molar-refractivity contribution in [1.29, 1.82) is 5.26 Å². The van der Waals surface area contributed by atoms with Gasteiger partial charge in [0.15, 0.2) is 0 Å². The second-order valence-electron chi connectivity index (χ2n) is 5.83. The van der Waals surface area contributed by atoms with E-state index in [0.717, 1.165) is 26.1 Å². The highest BCUT2D eigenvalue weighted by Gasteiger charge is 2.29. The number of rotatable bonds is 2. The topological polar surface area (TPSA) is 39.1 Å². The van der Waals surface area contributed by atoms with Crippen molar-refractivity contribution >= 4 is 5.69 Å². The highest BCUT2D eigenvalue weighted by atomic mass is 19.1. The van der Waals surface area contributed by atoms with Gasteiger partial charge in [-0.1, -0.05) is 0 Å². The molecule has 2 saturated heterocycles. The number of halogens is 1. The van der Waals surface area contributed by atoms with Crippen LogP contribution in [0.1, 0.15) is 31.2 Å². The summed E-state index contributed by atoms with van der Waals surface area (Å²) in [5, 5.41) is 12.4. The molecule has 0 amide bonds. The molecule has 20 heavy (non-hydrogen) atoms. The summed E-state index contributed by atoms with van der Waals surface area (Å²) in [5.41, 5.74) is 1.03. The molecule has 0 spiro atoms. The zero-order chi connectivity index (χ0) is 13.9. The molecular weight excluding hydrogens is 253 g/mol. The number of hydrogen-bond donors (Lipinski definition) is 1. The van der Waals surface area contributed by atoms with E-state index in [1.165, 1.54) is 25.3 Å². The number of benzene rings is 1. The molecule has 106 valence electrons. The van der Waals surface area contributed by atoms with Gasteiger partial charge in [-0.05, 0) is 56.3 Å². The van der Waals surface area contributed by atoms with Crippen molar-refractivity contribution in [3.05, 3.63) is 29.6 Å². The second kappa shape index (κ2) is 5.80. The van der Waals surface area contributed by atoms with Crippen LogP contribution in [0.15, 0.2) is 18.2 Å². The molecule has 1 N–H and O–H groups in total. The molecule has 2 aliphatic rings. The van der Waals surface area contributed by atoms with Crippen LogP contribution in [-0.4, -0.2) is 25.7 Å². The van der Waals surface area contributed by atoms with Gasteiger partial charge in [0.05, 0.1) is 17.3 Å². The van der Waals surface area contributed by atoms with Crippen LogP contribution in [0.3, 0.4) is 0 Å². The zero-order valence-electron chi connectivity index (χ0n) is 11.6. The molecular formula is C16H20FN3. The summed E-state index contributed by atoms with van der Waals surface area (Å²) >= 11 is 0. The van der Waals surface area contributed by atoms with Gasteiger partial charge < -0.3 is 10.2 Å². The second-order valence-corrected chi connectivity index (χ2v) is 5.83. The first-order chi connectivity index (χ1) is 9.78. The fourth-order valence-corrected chi connectivity index (χ4v) is 3.50. The van der Waals surface area contributed by atoms with Gasteiger partial charge in [0.25, 0.3) is 0 Å². The van der Waals surface area contributed by atoms with Crippen molar-refractivity contribution in [3.8, 4) is 6.07 Å². The first-order valence-corrected chi connectivity index (χ1v) is 7.46. The normalized spacial score (nSPS) is 26.5. The number of hydrogen-bond acceptors (Lipinski definition) is 3. The van der Waals surface area contributed by atoms with Gasteiger partial charge in [0, 0.05) is 19.1 Å². The van der Waals surface area contributed by atoms with E-state index in [4.69, 9.17) is 5.26 Å². The minimum absolute atomic E-state index is 0.274. The van der Waals surface area contributed by atoms with Gasteiger partial charge in [-0.2, -0.15) is 5.26 Å². The molecule has 4 heteroatoms. The van der Waals surface area contributed by atoms with Crippen molar-refractivity contribution in [2.45, 2.75) is 31.7 Å². The first-order valence-electron chi connectivity index (χ1n) is 7.46. The first kappa shape index (κ1) is 13.4. The average Bonchev–Trinajstić information content (AvgIpc) is 3.01. The lowest BCUT2D eigenvalue weighted by molar-refractivity contribution is 0.327. The van der Waals surface area contributed by atoms with Crippen LogP contribution in [0.5, 0.6) is 0 Å². The maximum Gasteiger partial charge on any atom is 0.147 e. The molecule has 2 fully saturated rings. The molecule has 3 nitrogen and oxygen atoms in total.